The predicted octanol–water partition coefficient (Wildman–Crippen LogP) is 3.93. The van der Waals surface area contributed by atoms with Gasteiger partial charge in [0.25, 0.3) is 0 Å². The lowest BCUT2D eigenvalue weighted by Crippen LogP contribution is -2.36. The van der Waals surface area contributed by atoms with E-state index in [0.717, 1.165) is 53.0 Å². The quantitative estimate of drug-likeness (QED) is 0.725. The molecule has 0 aliphatic carbocycles. The lowest BCUT2D eigenvalue weighted by Gasteiger charge is -2.29. The Labute approximate surface area is 169 Å². The van der Waals surface area contributed by atoms with Gasteiger partial charge in [-0.1, -0.05) is 6.07 Å². The van der Waals surface area contributed by atoms with Crippen LogP contribution >= 0.6 is 0 Å². The third kappa shape index (κ3) is 3.19. The zero-order chi connectivity index (χ0) is 20.1. The average molecular weight is 393 g/mol. The van der Waals surface area contributed by atoms with Gasteiger partial charge in [-0.3, -0.25) is 4.98 Å². The van der Waals surface area contributed by atoms with E-state index < -0.39 is 0 Å². The highest BCUT2D eigenvalue weighted by atomic mass is 19.1. The monoisotopic (exact) mass is 393 g/mol. The number of nitrogens with zero attached hydrogens (tertiary/aromatic N) is 4. The van der Waals surface area contributed by atoms with Gasteiger partial charge in [0.1, 0.15) is 5.82 Å². The van der Waals surface area contributed by atoms with Crippen molar-refractivity contribution in [2.75, 3.05) is 23.4 Å². The lowest BCUT2D eigenvalue weighted by atomic mass is 10.0. The van der Waals surface area contributed by atoms with E-state index >= 15 is 0 Å². The number of anilines is 2. The minimum atomic E-state index is -0.225. The Kier molecular flexibility index (Phi) is 4.35. The number of benzene rings is 1. The molecule has 2 bridgehead atoms. The molecule has 2 aliphatic heterocycles. The summed E-state index contributed by atoms with van der Waals surface area (Å²) in [7, 11) is 0. The summed E-state index contributed by atoms with van der Waals surface area (Å²) in [5.74, 6) is 0.466. The number of morpholine rings is 1. The average Bonchev–Trinajstić information content (AvgIpc) is 3.33. The van der Waals surface area contributed by atoms with Crippen molar-refractivity contribution < 1.29 is 9.13 Å². The van der Waals surface area contributed by atoms with Crippen LogP contribution in [0, 0.1) is 19.7 Å². The number of halogens is 1. The van der Waals surface area contributed by atoms with Crippen LogP contribution in [0.2, 0.25) is 0 Å². The molecule has 0 spiro atoms. The van der Waals surface area contributed by atoms with Crippen molar-refractivity contribution in [3.63, 3.8) is 0 Å². The molecule has 3 atom stereocenters. The summed E-state index contributed by atoms with van der Waals surface area (Å²) in [6.07, 6.45) is 3.33. The van der Waals surface area contributed by atoms with Gasteiger partial charge < -0.3 is 15.0 Å². The van der Waals surface area contributed by atoms with Gasteiger partial charge in [0.15, 0.2) is 5.82 Å². The molecule has 4 heterocycles. The van der Waals surface area contributed by atoms with Crippen molar-refractivity contribution in [3.8, 4) is 0 Å². The number of hydrogen-bond acceptors (Lipinski definition) is 6. The van der Waals surface area contributed by atoms with Gasteiger partial charge in [-0.05, 0) is 56.5 Å². The van der Waals surface area contributed by atoms with Crippen molar-refractivity contribution >= 4 is 22.4 Å². The molecule has 1 N–H and O–H groups in total. The Morgan fingerprint density at radius 2 is 2.10 bits per heavy atom. The first kappa shape index (κ1) is 18.2. The molecule has 1 aromatic carbocycles. The van der Waals surface area contributed by atoms with E-state index in [9.17, 15) is 4.39 Å². The maximum Gasteiger partial charge on any atom is 0.158 e. The molecule has 0 saturated carbocycles. The Morgan fingerprint density at radius 3 is 2.83 bits per heavy atom. The lowest BCUT2D eigenvalue weighted by molar-refractivity contribution is 0.0991. The Morgan fingerprint density at radius 1 is 1.24 bits per heavy atom. The number of nitrogens with one attached hydrogen (secondary N) is 1. The molecule has 2 saturated heterocycles. The van der Waals surface area contributed by atoms with Gasteiger partial charge in [0.2, 0.25) is 0 Å². The highest BCUT2D eigenvalue weighted by Gasteiger charge is 2.39. The molecule has 2 fully saturated rings. The summed E-state index contributed by atoms with van der Waals surface area (Å²) >= 11 is 0. The van der Waals surface area contributed by atoms with Crippen LogP contribution in [0.4, 0.5) is 15.9 Å². The fraction of sp³-hybridized carbons (Fsp3) is 0.409. The third-order valence-electron chi connectivity index (χ3n) is 6.05. The van der Waals surface area contributed by atoms with Crippen molar-refractivity contribution in [3.05, 3.63) is 53.1 Å². The normalized spacial score (nSPS) is 21.7. The summed E-state index contributed by atoms with van der Waals surface area (Å²) < 4.78 is 19.2. The van der Waals surface area contributed by atoms with E-state index in [1.807, 2.05) is 33.0 Å². The molecular weight excluding hydrogens is 369 g/mol. The molecule has 2 aromatic heterocycles. The van der Waals surface area contributed by atoms with Crippen LogP contribution in [-0.2, 0) is 4.74 Å². The molecule has 2 aliphatic rings. The van der Waals surface area contributed by atoms with Gasteiger partial charge in [0.05, 0.1) is 47.9 Å². The van der Waals surface area contributed by atoms with Gasteiger partial charge in [-0.2, -0.15) is 5.10 Å². The van der Waals surface area contributed by atoms with E-state index in [2.05, 4.69) is 26.5 Å². The highest BCUT2D eigenvalue weighted by Crippen LogP contribution is 2.35. The zero-order valence-corrected chi connectivity index (χ0v) is 16.8. The Bertz CT molecular complexity index is 1090. The minimum absolute atomic E-state index is 0.0457. The summed E-state index contributed by atoms with van der Waals surface area (Å²) in [5.41, 5.74) is 4.67. The first-order valence-corrected chi connectivity index (χ1v) is 10.0. The summed E-state index contributed by atoms with van der Waals surface area (Å²) in [5, 5.41) is 13.1. The van der Waals surface area contributed by atoms with Crippen LogP contribution in [0.25, 0.3) is 10.9 Å². The van der Waals surface area contributed by atoms with Crippen molar-refractivity contribution in [1.82, 2.24) is 15.2 Å². The largest absolute Gasteiger partial charge is 0.374 e. The molecular formula is C22H24FN5O. The Balaban J connectivity index is 1.51. The maximum absolute atomic E-state index is 13.5. The van der Waals surface area contributed by atoms with Gasteiger partial charge in [0, 0.05) is 11.9 Å². The molecule has 5 rings (SSSR count). The summed E-state index contributed by atoms with van der Waals surface area (Å²) in [4.78, 5) is 7.09. The SMILES string of the molecule is Cc1cc(F)ccc1[C@@H](C)Nc1nnc(C)c2ncc(N3CC4CC3CO4)cc12. The van der Waals surface area contributed by atoms with Crippen LogP contribution in [0.1, 0.15) is 36.2 Å². The zero-order valence-electron chi connectivity index (χ0n) is 16.8. The number of aryl methyl sites for hydroxylation is 2. The van der Waals surface area contributed by atoms with E-state index in [0.29, 0.717) is 18.0 Å². The third-order valence-corrected chi connectivity index (χ3v) is 6.05. The summed E-state index contributed by atoms with van der Waals surface area (Å²) in [6.45, 7) is 7.57. The first-order chi connectivity index (χ1) is 14.0. The highest BCUT2D eigenvalue weighted by molar-refractivity contribution is 5.92. The Hall–Kier alpha value is -2.80. The fourth-order valence-electron chi connectivity index (χ4n) is 4.54. The van der Waals surface area contributed by atoms with E-state index in [1.165, 1.54) is 6.07 Å². The topological polar surface area (TPSA) is 63.2 Å². The second-order valence-electron chi connectivity index (χ2n) is 8.09. The van der Waals surface area contributed by atoms with Crippen molar-refractivity contribution in [1.29, 1.82) is 0 Å². The second kappa shape index (κ2) is 6.91. The molecule has 150 valence electrons. The van der Waals surface area contributed by atoms with Crippen molar-refractivity contribution in [2.45, 2.75) is 45.4 Å². The van der Waals surface area contributed by atoms with Crippen LogP contribution in [0.15, 0.2) is 30.5 Å². The van der Waals surface area contributed by atoms with Crippen LogP contribution in [-0.4, -0.2) is 40.5 Å². The molecule has 7 heteroatoms. The van der Waals surface area contributed by atoms with E-state index in [-0.39, 0.29) is 11.9 Å². The smallest absolute Gasteiger partial charge is 0.158 e. The first-order valence-electron chi connectivity index (χ1n) is 10.0. The number of pyridine rings is 1. The fourth-order valence-corrected chi connectivity index (χ4v) is 4.54. The minimum Gasteiger partial charge on any atom is -0.374 e. The van der Waals surface area contributed by atoms with Crippen LogP contribution < -0.4 is 10.2 Å². The van der Waals surface area contributed by atoms with Crippen LogP contribution in [0.5, 0.6) is 0 Å². The number of fused-ring (bicyclic) bond motifs is 3. The maximum atomic E-state index is 13.5. The number of ether oxygens (including phenoxy) is 1. The standard InChI is InChI=1S/C22H24FN5O/c1-12-6-15(23)4-5-19(12)13(2)25-22-20-8-16(9-24-21(20)14(3)26-27-22)28-10-18-7-17(28)11-29-18/h4-6,8-9,13,17-18H,7,10-11H2,1-3H3,(H,25,27)/t13-,17?,18?/m1/s1. The van der Waals surface area contributed by atoms with E-state index in [4.69, 9.17) is 9.72 Å². The van der Waals surface area contributed by atoms with Crippen LogP contribution in [0.3, 0.4) is 0 Å². The molecule has 6 nitrogen and oxygen atoms in total. The molecule has 29 heavy (non-hydrogen) atoms. The second-order valence-corrected chi connectivity index (χ2v) is 8.09. The predicted molar refractivity (Wildman–Crippen MR) is 111 cm³/mol. The molecule has 0 amide bonds. The van der Waals surface area contributed by atoms with Gasteiger partial charge >= 0.3 is 0 Å². The van der Waals surface area contributed by atoms with E-state index in [1.54, 1.807) is 6.07 Å². The van der Waals surface area contributed by atoms with Crippen molar-refractivity contribution in [2.24, 2.45) is 0 Å². The number of aromatic nitrogens is 3. The van der Waals surface area contributed by atoms with Gasteiger partial charge in [-0.25, -0.2) is 4.39 Å². The molecule has 2 unspecified atom stereocenters. The van der Waals surface area contributed by atoms with Gasteiger partial charge in [-0.15, -0.1) is 5.10 Å². The molecule has 0 radical (unpaired) electrons. The summed E-state index contributed by atoms with van der Waals surface area (Å²) in [6, 6.07) is 7.39. The number of rotatable bonds is 4. The number of hydrogen-bond donors (Lipinski definition) is 1. The molecule has 3 aromatic rings.